The molecule has 158 valence electrons. The molecule has 0 spiro atoms. The van der Waals surface area contributed by atoms with Crippen molar-refractivity contribution in [1.82, 2.24) is 5.32 Å². The Kier molecular flexibility index (Phi) is 5.53. The number of anilines is 1. The minimum atomic E-state index is -0.328. The largest absolute Gasteiger partial charge is 0.486 e. The Morgan fingerprint density at radius 3 is 2.67 bits per heavy atom. The van der Waals surface area contributed by atoms with Crippen LogP contribution >= 0.6 is 0 Å². The Morgan fingerprint density at radius 2 is 1.90 bits per heavy atom. The number of carbonyl (C=O) groups excluding carboxylic acids is 2. The molecule has 0 aliphatic carbocycles. The van der Waals surface area contributed by atoms with Gasteiger partial charge < -0.3 is 25.4 Å². The fourth-order valence-electron chi connectivity index (χ4n) is 4.24. The molecule has 30 heavy (non-hydrogen) atoms. The summed E-state index contributed by atoms with van der Waals surface area (Å²) in [5, 5.41) is 3.07. The van der Waals surface area contributed by atoms with Gasteiger partial charge in [0.25, 0.3) is 0 Å². The predicted octanol–water partition coefficient (Wildman–Crippen LogP) is 2.50. The third-order valence-electron chi connectivity index (χ3n) is 5.83. The van der Waals surface area contributed by atoms with Gasteiger partial charge in [0.15, 0.2) is 11.5 Å². The van der Waals surface area contributed by atoms with Gasteiger partial charge in [-0.3, -0.25) is 9.59 Å². The van der Waals surface area contributed by atoms with Crippen LogP contribution in [0.4, 0.5) is 5.69 Å². The standard InChI is InChI=1S/C23H27N3O4/c1-14-11-18(23(24)28)17-5-3-4-6-19(17)26(14)13-22(27)25-15(2)16-7-8-20-21(12-16)30-10-9-29-20/h3-8,12,14-15,18H,9-11,13H2,1-2H3,(H2,24,28)(H,25,27)/t14-,15-,18+/m0/s1. The Hall–Kier alpha value is -3.22. The normalized spacial score (nSPS) is 20.8. The number of nitrogens with two attached hydrogens (primary N) is 1. The molecule has 2 heterocycles. The van der Waals surface area contributed by atoms with E-state index in [1.165, 1.54) is 0 Å². The zero-order valence-electron chi connectivity index (χ0n) is 17.3. The Morgan fingerprint density at radius 1 is 1.17 bits per heavy atom. The van der Waals surface area contributed by atoms with E-state index in [0.29, 0.717) is 25.4 Å². The van der Waals surface area contributed by atoms with E-state index in [0.717, 1.165) is 22.6 Å². The van der Waals surface area contributed by atoms with Gasteiger partial charge in [0.2, 0.25) is 11.8 Å². The molecule has 0 fully saturated rings. The molecular formula is C23H27N3O4. The van der Waals surface area contributed by atoms with Gasteiger partial charge in [-0.2, -0.15) is 0 Å². The lowest BCUT2D eigenvalue weighted by molar-refractivity contribution is -0.120. The number of rotatable bonds is 5. The maximum atomic E-state index is 12.9. The van der Waals surface area contributed by atoms with E-state index >= 15 is 0 Å². The van der Waals surface area contributed by atoms with Gasteiger partial charge >= 0.3 is 0 Å². The number of hydrogen-bond donors (Lipinski definition) is 2. The lowest BCUT2D eigenvalue weighted by Gasteiger charge is -2.39. The highest BCUT2D eigenvalue weighted by Crippen LogP contribution is 2.38. The van der Waals surface area contributed by atoms with Crippen LogP contribution in [0.5, 0.6) is 11.5 Å². The minimum absolute atomic E-state index is 0.0211. The molecule has 2 aliphatic rings. The van der Waals surface area contributed by atoms with Crippen LogP contribution in [0.25, 0.3) is 0 Å². The molecule has 0 aromatic heterocycles. The summed E-state index contributed by atoms with van der Waals surface area (Å²) in [6.07, 6.45) is 0.595. The summed E-state index contributed by atoms with van der Waals surface area (Å²) < 4.78 is 11.2. The monoisotopic (exact) mass is 409 g/mol. The summed E-state index contributed by atoms with van der Waals surface area (Å²) in [7, 11) is 0. The van der Waals surface area contributed by atoms with Crippen molar-refractivity contribution in [2.75, 3.05) is 24.7 Å². The molecule has 0 unspecified atom stereocenters. The van der Waals surface area contributed by atoms with Crippen LogP contribution in [-0.2, 0) is 9.59 Å². The third-order valence-corrected chi connectivity index (χ3v) is 5.83. The van der Waals surface area contributed by atoms with Crippen LogP contribution in [0.1, 0.15) is 43.4 Å². The molecule has 3 N–H and O–H groups in total. The molecular weight excluding hydrogens is 382 g/mol. The number of benzene rings is 2. The first-order chi connectivity index (χ1) is 14.4. The van der Waals surface area contributed by atoms with Crippen LogP contribution in [-0.4, -0.2) is 37.6 Å². The number of primary amides is 1. The van der Waals surface area contributed by atoms with Crippen LogP contribution in [0.15, 0.2) is 42.5 Å². The number of hydrogen-bond acceptors (Lipinski definition) is 5. The van der Waals surface area contributed by atoms with E-state index in [2.05, 4.69) is 5.32 Å². The first-order valence-electron chi connectivity index (χ1n) is 10.3. The third kappa shape index (κ3) is 3.92. The summed E-state index contributed by atoms with van der Waals surface area (Å²) in [6, 6.07) is 13.2. The van der Waals surface area contributed by atoms with Gasteiger partial charge in [-0.15, -0.1) is 0 Å². The van der Waals surface area contributed by atoms with Crippen molar-refractivity contribution in [3.05, 3.63) is 53.6 Å². The molecule has 3 atom stereocenters. The molecule has 2 amide bonds. The smallest absolute Gasteiger partial charge is 0.240 e. The van der Waals surface area contributed by atoms with Gasteiger partial charge in [0.1, 0.15) is 13.2 Å². The zero-order chi connectivity index (χ0) is 21.3. The fraction of sp³-hybridized carbons (Fsp3) is 0.391. The van der Waals surface area contributed by atoms with E-state index in [-0.39, 0.29) is 36.4 Å². The van der Waals surface area contributed by atoms with Gasteiger partial charge in [-0.25, -0.2) is 0 Å². The highest BCUT2D eigenvalue weighted by Gasteiger charge is 2.33. The molecule has 0 bridgehead atoms. The number of nitrogens with one attached hydrogen (secondary N) is 1. The van der Waals surface area contributed by atoms with E-state index < -0.39 is 0 Å². The summed E-state index contributed by atoms with van der Waals surface area (Å²) in [5.74, 6) is 0.691. The molecule has 0 saturated heterocycles. The molecule has 2 aromatic rings. The maximum Gasteiger partial charge on any atom is 0.240 e. The van der Waals surface area contributed by atoms with Gasteiger partial charge in [0.05, 0.1) is 18.5 Å². The number of fused-ring (bicyclic) bond motifs is 2. The minimum Gasteiger partial charge on any atom is -0.486 e. The number of para-hydroxylation sites is 1. The Labute approximate surface area is 176 Å². The average molecular weight is 409 g/mol. The Bertz CT molecular complexity index is 961. The highest BCUT2D eigenvalue weighted by molar-refractivity contribution is 5.87. The predicted molar refractivity (Wildman–Crippen MR) is 114 cm³/mol. The van der Waals surface area contributed by atoms with Gasteiger partial charge in [-0.05, 0) is 49.6 Å². The molecule has 2 aliphatic heterocycles. The number of carbonyl (C=O) groups is 2. The second-order valence-electron chi connectivity index (χ2n) is 7.92. The summed E-state index contributed by atoms with van der Waals surface area (Å²) in [6.45, 7) is 5.24. The van der Waals surface area contributed by atoms with Crippen LogP contribution < -0.4 is 25.4 Å². The summed E-state index contributed by atoms with van der Waals surface area (Å²) in [4.78, 5) is 26.8. The van der Waals surface area contributed by atoms with Gasteiger partial charge in [0, 0.05) is 11.7 Å². The Balaban J connectivity index is 1.47. The van der Waals surface area contributed by atoms with E-state index in [1.54, 1.807) is 0 Å². The lowest BCUT2D eigenvalue weighted by Crippen LogP contribution is -2.47. The lowest BCUT2D eigenvalue weighted by atomic mass is 9.85. The van der Waals surface area contributed by atoms with E-state index in [9.17, 15) is 9.59 Å². The first kappa shape index (κ1) is 20.1. The second-order valence-corrected chi connectivity index (χ2v) is 7.92. The second kappa shape index (κ2) is 8.26. The van der Waals surface area contributed by atoms with Crippen molar-refractivity contribution >= 4 is 17.5 Å². The van der Waals surface area contributed by atoms with Crippen molar-refractivity contribution < 1.29 is 19.1 Å². The average Bonchev–Trinajstić information content (AvgIpc) is 2.75. The van der Waals surface area contributed by atoms with E-state index in [4.69, 9.17) is 15.2 Å². The van der Waals surface area contributed by atoms with Crippen LogP contribution in [0.3, 0.4) is 0 Å². The van der Waals surface area contributed by atoms with E-state index in [1.807, 2.05) is 61.2 Å². The summed E-state index contributed by atoms with van der Waals surface area (Å²) >= 11 is 0. The van der Waals surface area contributed by atoms with Crippen molar-refractivity contribution in [2.24, 2.45) is 5.73 Å². The van der Waals surface area contributed by atoms with Crippen LogP contribution in [0.2, 0.25) is 0 Å². The SMILES string of the molecule is C[C@H](NC(=O)CN1c2ccccc2[C@H](C(N)=O)C[C@@H]1C)c1ccc2c(c1)OCCO2. The van der Waals surface area contributed by atoms with Crippen LogP contribution in [0, 0.1) is 0 Å². The topological polar surface area (TPSA) is 93.9 Å². The zero-order valence-corrected chi connectivity index (χ0v) is 17.3. The highest BCUT2D eigenvalue weighted by atomic mass is 16.6. The fourth-order valence-corrected chi connectivity index (χ4v) is 4.24. The van der Waals surface area contributed by atoms with Gasteiger partial charge in [-0.1, -0.05) is 24.3 Å². The number of amides is 2. The number of ether oxygens (including phenoxy) is 2. The quantitative estimate of drug-likeness (QED) is 0.791. The molecule has 2 aromatic carbocycles. The molecule has 0 saturated carbocycles. The van der Waals surface area contributed by atoms with Crippen molar-refractivity contribution in [3.63, 3.8) is 0 Å². The van der Waals surface area contributed by atoms with Crippen molar-refractivity contribution in [3.8, 4) is 11.5 Å². The van der Waals surface area contributed by atoms with Crippen molar-refractivity contribution in [2.45, 2.75) is 38.3 Å². The molecule has 7 heteroatoms. The summed E-state index contributed by atoms with van der Waals surface area (Å²) in [5.41, 5.74) is 8.34. The number of nitrogens with zero attached hydrogens (tertiary/aromatic N) is 1. The maximum absolute atomic E-state index is 12.9. The van der Waals surface area contributed by atoms with Crippen molar-refractivity contribution in [1.29, 1.82) is 0 Å². The molecule has 4 rings (SSSR count). The molecule has 7 nitrogen and oxygen atoms in total. The first-order valence-corrected chi connectivity index (χ1v) is 10.3. The molecule has 0 radical (unpaired) electrons.